The van der Waals surface area contributed by atoms with E-state index in [0.717, 1.165) is 16.7 Å². The first-order valence-corrected chi connectivity index (χ1v) is 9.31. The van der Waals surface area contributed by atoms with Gasteiger partial charge in [0, 0.05) is 19.3 Å². The van der Waals surface area contributed by atoms with Gasteiger partial charge >= 0.3 is 0 Å². The molecule has 0 saturated heterocycles. The summed E-state index contributed by atoms with van der Waals surface area (Å²) in [4.78, 5) is 24.4. The lowest BCUT2D eigenvalue weighted by Gasteiger charge is -2.19. The van der Waals surface area contributed by atoms with Crippen LogP contribution >= 0.6 is 0 Å². The fourth-order valence-electron chi connectivity index (χ4n) is 3.25. The van der Waals surface area contributed by atoms with Gasteiger partial charge in [0.2, 0.25) is 11.8 Å². The summed E-state index contributed by atoms with van der Waals surface area (Å²) in [6.07, 6.45) is 0.307. The van der Waals surface area contributed by atoms with Gasteiger partial charge in [0.1, 0.15) is 0 Å². The molecule has 2 N–H and O–H groups in total. The van der Waals surface area contributed by atoms with Gasteiger partial charge in [-0.15, -0.1) is 0 Å². The highest BCUT2D eigenvalue weighted by Gasteiger charge is 2.19. The number of nitrogens with one attached hydrogen (secondary N) is 2. The number of hydrogen-bond donors (Lipinski definition) is 2. The summed E-state index contributed by atoms with van der Waals surface area (Å²) in [6.45, 7) is 3.40. The van der Waals surface area contributed by atoms with E-state index in [1.807, 2.05) is 79.7 Å². The predicted octanol–water partition coefficient (Wildman–Crippen LogP) is 5.11. The third kappa shape index (κ3) is 5.07. The highest BCUT2D eigenvalue weighted by atomic mass is 16.2. The highest BCUT2D eigenvalue weighted by molar-refractivity contribution is 5.99. The van der Waals surface area contributed by atoms with Gasteiger partial charge in [-0.2, -0.15) is 0 Å². The SMILES string of the molecule is CC(=O)Nc1ccc(C)cc1NC(=O)CC(c1ccccc1)c1ccccc1. The lowest BCUT2D eigenvalue weighted by molar-refractivity contribution is -0.116. The van der Waals surface area contributed by atoms with Crippen LogP contribution in [0, 0.1) is 6.92 Å². The maximum Gasteiger partial charge on any atom is 0.225 e. The van der Waals surface area contributed by atoms with Crippen LogP contribution in [0.1, 0.15) is 36.0 Å². The normalized spacial score (nSPS) is 10.5. The van der Waals surface area contributed by atoms with Crippen LogP contribution in [0.2, 0.25) is 0 Å². The van der Waals surface area contributed by atoms with E-state index in [9.17, 15) is 9.59 Å². The second-order valence-electron chi connectivity index (χ2n) is 6.86. The Kier molecular flexibility index (Phi) is 6.22. The zero-order valence-corrected chi connectivity index (χ0v) is 16.1. The molecular formula is C24H24N2O2. The molecule has 0 heterocycles. The van der Waals surface area contributed by atoms with Crippen LogP contribution in [-0.4, -0.2) is 11.8 Å². The molecule has 0 spiro atoms. The molecule has 0 aliphatic carbocycles. The fourth-order valence-corrected chi connectivity index (χ4v) is 3.25. The summed E-state index contributed by atoms with van der Waals surface area (Å²) in [5, 5.41) is 5.74. The number of hydrogen-bond acceptors (Lipinski definition) is 2. The summed E-state index contributed by atoms with van der Waals surface area (Å²) in [5.74, 6) is -0.322. The summed E-state index contributed by atoms with van der Waals surface area (Å²) >= 11 is 0. The quantitative estimate of drug-likeness (QED) is 0.631. The molecule has 0 atom stereocenters. The number of amides is 2. The molecule has 3 rings (SSSR count). The largest absolute Gasteiger partial charge is 0.325 e. The third-order valence-corrected chi connectivity index (χ3v) is 4.55. The van der Waals surface area contributed by atoms with Crippen molar-refractivity contribution >= 4 is 23.2 Å². The molecule has 0 aliphatic rings. The number of anilines is 2. The zero-order chi connectivity index (χ0) is 19.9. The van der Waals surface area contributed by atoms with Gasteiger partial charge in [0.05, 0.1) is 11.4 Å². The fraction of sp³-hybridized carbons (Fsp3) is 0.167. The average molecular weight is 372 g/mol. The van der Waals surface area contributed by atoms with Crippen molar-refractivity contribution < 1.29 is 9.59 Å². The minimum atomic E-state index is -0.175. The molecule has 3 aromatic carbocycles. The van der Waals surface area contributed by atoms with Crippen LogP contribution in [-0.2, 0) is 9.59 Å². The van der Waals surface area contributed by atoms with Crippen molar-refractivity contribution in [2.45, 2.75) is 26.2 Å². The molecule has 4 nitrogen and oxygen atoms in total. The lowest BCUT2D eigenvalue weighted by atomic mass is 9.88. The number of benzene rings is 3. The Morgan fingerprint density at radius 1 is 0.786 bits per heavy atom. The molecule has 0 saturated carbocycles. The van der Waals surface area contributed by atoms with Gasteiger partial charge in [-0.3, -0.25) is 9.59 Å². The highest BCUT2D eigenvalue weighted by Crippen LogP contribution is 2.29. The Balaban J connectivity index is 1.84. The number of rotatable bonds is 6. The van der Waals surface area contributed by atoms with E-state index in [-0.39, 0.29) is 17.7 Å². The number of carbonyl (C=O) groups is 2. The second kappa shape index (κ2) is 9.00. The molecule has 28 heavy (non-hydrogen) atoms. The maximum absolute atomic E-state index is 12.9. The minimum Gasteiger partial charge on any atom is -0.325 e. The van der Waals surface area contributed by atoms with Gasteiger partial charge in [-0.1, -0.05) is 66.7 Å². The Hall–Kier alpha value is -3.40. The first-order valence-electron chi connectivity index (χ1n) is 9.31. The first kappa shape index (κ1) is 19.4. The summed E-state index contributed by atoms with van der Waals surface area (Å²) in [5.41, 5.74) is 4.40. The van der Waals surface area contributed by atoms with Crippen molar-refractivity contribution in [2.24, 2.45) is 0 Å². The van der Waals surface area contributed by atoms with E-state index in [2.05, 4.69) is 10.6 Å². The molecule has 3 aromatic rings. The first-order chi connectivity index (χ1) is 13.5. The molecule has 142 valence electrons. The molecule has 0 aliphatic heterocycles. The Morgan fingerprint density at radius 3 is 1.89 bits per heavy atom. The van der Waals surface area contributed by atoms with Crippen LogP contribution < -0.4 is 10.6 Å². The van der Waals surface area contributed by atoms with Gasteiger partial charge in [-0.05, 0) is 35.7 Å². The number of carbonyl (C=O) groups excluding carboxylic acids is 2. The Morgan fingerprint density at radius 2 is 1.36 bits per heavy atom. The average Bonchev–Trinajstić information content (AvgIpc) is 2.69. The van der Waals surface area contributed by atoms with E-state index in [0.29, 0.717) is 17.8 Å². The lowest BCUT2D eigenvalue weighted by Crippen LogP contribution is -2.18. The summed E-state index contributed by atoms with van der Waals surface area (Å²) in [7, 11) is 0. The molecule has 0 aromatic heterocycles. The molecular weight excluding hydrogens is 348 g/mol. The zero-order valence-electron chi connectivity index (χ0n) is 16.1. The van der Waals surface area contributed by atoms with Crippen molar-refractivity contribution in [1.82, 2.24) is 0 Å². The van der Waals surface area contributed by atoms with E-state index in [4.69, 9.17) is 0 Å². The molecule has 2 amide bonds. The topological polar surface area (TPSA) is 58.2 Å². The second-order valence-corrected chi connectivity index (χ2v) is 6.86. The number of aryl methyl sites for hydroxylation is 1. The van der Waals surface area contributed by atoms with E-state index in [1.54, 1.807) is 6.07 Å². The smallest absolute Gasteiger partial charge is 0.225 e. The standard InChI is InChI=1S/C24H24N2O2/c1-17-13-14-22(25-18(2)27)23(15-17)26-24(28)16-21(19-9-5-3-6-10-19)20-11-7-4-8-12-20/h3-15,21H,16H2,1-2H3,(H,25,27)(H,26,28). The summed E-state index contributed by atoms with van der Waals surface area (Å²) < 4.78 is 0. The van der Waals surface area contributed by atoms with E-state index < -0.39 is 0 Å². The predicted molar refractivity (Wildman–Crippen MR) is 113 cm³/mol. The van der Waals surface area contributed by atoms with Gasteiger partial charge in [0.15, 0.2) is 0 Å². The molecule has 4 heteroatoms. The van der Waals surface area contributed by atoms with Crippen molar-refractivity contribution in [2.75, 3.05) is 10.6 Å². The van der Waals surface area contributed by atoms with Crippen LogP contribution in [0.3, 0.4) is 0 Å². The van der Waals surface area contributed by atoms with E-state index in [1.165, 1.54) is 6.92 Å². The van der Waals surface area contributed by atoms with Crippen LogP contribution in [0.25, 0.3) is 0 Å². The monoisotopic (exact) mass is 372 g/mol. The van der Waals surface area contributed by atoms with Crippen molar-refractivity contribution in [3.63, 3.8) is 0 Å². The van der Waals surface area contributed by atoms with Gasteiger partial charge in [0.25, 0.3) is 0 Å². The Labute approximate surface area is 165 Å². The van der Waals surface area contributed by atoms with Crippen LogP contribution in [0.5, 0.6) is 0 Å². The summed E-state index contributed by atoms with van der Waals surface area (Å²) in [6, 6.07) is 25.6. The van der Waals surface area contributed by atoms with Crippen LogP contribution in [0.15, 0.2) is 78.9 Å². The maximum atomic E-state index is 12.9. The third-order valence-electron chi connectivity index (χ3n) is 4.55. The molecule has 0 bridgehead atoms. The van der Waals surface area contributed by atoms with E-state index >= 15 is 0 Å². The minimum absolute atomic E-state index is 0.0450. The van der Waals surface area contributed by atoms with Gasteiger partial charge < -0.3 is 10.6 Å². The van der Waals surface area contributed by atoms with Gasteiger partial charge in [-0.25, -0.2) is 0 Å². The van der Waals surface area contributed by atoms with Crippen molar-refractivity contribution in [3.05, 3.63) is 95.6 Å². The van der Waals surface area contributed by atoms with Crippen LogP contribution in [0.4, 0.5) is 11.4 Å². The molecule has 0 radical (unpaired) electrons. The molecule has 0 fully saturated rings. The molecule has 0 unspecified atom stereocenters. The van der Waals surface area contributed by atoms with Crippen molar-refractivity contribution in [1.29, 1.82) is 0 Å². The Bertz CT molecular complexity index is 913. The van der Waals surface area contributed by atoms with Crippen molar-refractivity contribution in [3.8, 4) is 0 Å².